The summed E-state index contributed by atoms with van der Waals surface area (Å²) in [6.07, 6.45) is 2.40. The maximum absolute atomic E-state index is 10.0. The second-order valence-electron chi connectivity index (χ2n) is 4.03. The molecule has 3 heteroatoms. The Kier molecular flexibility index (Phi) is 3.94. The summed E-state index contributed by atoms with van der Waals surface area (Å²) in [6.45, 7) is 1.53. The normalized spacial score (nSPS) is 24.6. The molecule has 0 saturated heterocycles. The van der Waals surface area contributed by atoms with Crippen molar-refractivity contribution in [3.05, 3.63) is 0 Å². The lowest BCUT2D eigenvalue weighted by Gasteiger charge is -2.33. The van der Waals surface area contributed by atoms with Crippen LogP contribution in [-0.4, -0.2) is 33.1 Å². The molecule has 1 aliphatic carbocycles. The lowest BCUT2D eigenvalue weighted by Crippen LogP contribution is -2.43. The van der Waals surface area contributed by atoms with Gasteiger partial charge in [-0.15, -0.1) is 0 Å². The molecule has 2 unspecified atom stereocenters. The van der Waals surface area contributed by atoms with Crippen LogP contribution < -0.4 is 0 Å². The first-order chi connectivity index (χ1) is 6.54. The molecule has 1 fully saturated rings. The van der Waals surface area contributed by atoms with Crippen molar-refractivity contribution in [2.24, 2.45) is 0 Å². The second-order valence-corrected chi connectivity index (χ2v) is 4.03. The molecular weight excluding hydrogens is 180 g/mol. The monoisotopic (exact) mass is 198 g/mol. The van der Waals surface area contributed by atoms with E-state index < -0.39 is 17.8 Å². The zero-order valence-corrected chi connectivity index (χ0v) is 8.53. The zero-order valence-electron chi connectivity index (χ0n) is 8.53. The number of hydrogen-bond acceptors (Lipinski definition) is 3. The van der Waals surface area contributed by atoms with Gasteiger partial charge in [-0.2, -0.15) is 0 Å². The number of aliphatic hydroxyl groups is 3. The number of aliphatic hydroxyl groups excluding tert-OH is 2. The molecule has 2 atom stereocenters. The molecule has 3 nitrogen and oxygen atoms in total. The van der Waals surface area contributed by atoms with Gasteiger partial charge in [0.1, 0.15) is 17.8 Å². The maximum Gasteiger partial charge on any atom is 0.143 e. The Hall–Kier alpha value is -0.560. The summed E-state index contributed by atoms with van der Waals surface area (Å²) in [4.78, 5) is 0. The molecule has 0 heterocycles. The van der Waals surface area contributed by atoms with Gasteiger partial charge in [-0.3, -0.25) is 0 Å². The molecule has 0 amide bonds. The molecule has 0 aromatic carbocycles. The van der Waals surface area contributed by atoms with Crippen molar-refractivity contribution in [1.82, 2.24) is 0 Å². The van der Waals surface area contributed by atoms with Gasteiger partial charge < -0.3 is 15.3 Å². The van der Waals surface area contributed by atoms with Crippen molar-refractivity contribution < 1.29 is 15.3 Å². The van der Waals surface area contributed by atoms with E-state index >= 15 is 0 Å². The molecule has 14 heavy (non-hydrogen) atoms. The Labute approximate surface area is 84.8 Å². The highest BCUT2D eigenvalue weighted by Gasteiger charge is 2.35. The zero-order chi connectivity index (χ0) is 10.6. The highest BCUT2D eigenvalue weighted by Crippen LogP contribution is 2.30. The smallest absolute Gasteiger partial charge is 0.143 e. The third-order valence-electron chi connectivity index (χ3n) is 2.66. The van der Waals surface area contributed by atoms with E-state index in [1.807, 2.05) is 0 Å². The first kappa shape index (κ1) is 11.5. The van der Waals surface area contributed by atoms with E-state index in [1.165, 1.54) is 6.92 Å². The van der Waals surface area contributed by atoms with Crippen LogP contribution in [0.1, 0.15) is 39.0 Å². The maximum atomic E-state index is 10.0. The third kappa shape index (κ3) is 2.98. The summed E-state index contributed by atoms with van der Waals surface area (Å²) in [6, 6.07) is 0. The molecule has 1 rings (SSSR count). The Bertz CT molecular complexity index is 231. The van der Waals surface area contributed by atoms with Crippen LogP contribution in [0.4, 0.5) is 0 Å². The van der Waals surface area contributed by atoms with Gasteiger partial charge in [0.2, 0.25) is 0 Å². The summed E-state index contributed by atoms with van der Waals surface area (Å²) in [5, 5.41) is 28.6. The molecule has 1 saturated carbocycles. The predicted molar refractivity (Wildman–Crippen MR) is 53.5 cm³/mol. The van der Waals surface area contributed by atoms with E-state index in [2.05, 4.69) is 11.8 Å². The molecule has 80 valence electrons. The van der Waals surface area contributed by atoms with Gasteiger partial charge in [-0.25, -0.2) is 0 Å². The van der Waals surface area contributed by atoms with Gasteiger partial charge in [-0.05, 0) is 19.8 Å². The van der Waals surface area contributed by atoms with Crippen LogP contribution >= 0.6 is 0 Å². The molecule has 0 radical (unpaired) electrons. The summed E-state index contributed by atoms with van der Waals surface area (Å²) in [7, 11) is 0. The Morgan fingerprint density at radius 1 is 1.07 bits per heavy atom. The van der Waals surface area contributed by atoms with Crippen molar-refractivity contribution >= 4 is 0 Å². The Morgan fingerprint density at radius 3 is 2.14 bits per heavy atom. The van der Waals surface area contributed by atoms with Gasteiger partial charge in [0.15, 0.2) is 0 Å². The second kappa shape index (κ2) is 4.79. The lowest BCUT2D eigenvalue weighted by molar-refractivity contribution is -0.0721. The fourth-order valence-electron chi connectivity index (χ4n) is 1.77. The van der Waals surface area contributed by atoms with Crippen LogP contribution in [0.2, 0.25) is 0 Å². The van der Waals surface area contributed by atoms with E-state index in [-0.39, 0.29) is 0 Å². The SMILES string of the molecule is CC(O)C#CC(O)C1(O)CCCCC1. The molecule has 0 aliphatic heterocycles. The first-order valence-electron chi connectivity index (χ1n) is 5.14. The van der Waals surface area contributed by atoms with Gasteiger partial charge in [-0.1, -0.05) is 31.1 Å². The quantitative estimate of drug-likeness (QED) is 0.535. The molecule has 0 spiro atoms. The molecule has 3 N–H and O–H groups in total. The summed E-state index contributed by atoms with van der Waals surface area (Å²) in [5.74, 6) is 4.96. The lowest BCUT2D eigenvalue weighted by atomic mass is 9.81. The van der Waals surface area contributed by atoms with Gasteiger partial charge in [0, 0.05) is 0 Å². The largest absolute Gasteiger partial charge is 0.386 e. The van der Waals surface area contributed by atoms with Crippen molar-refractivity contribution in [2.45, 2.75) is 56.8 Å². The van der Waals surface area contributed by atoms with Crippen LogP contribution in [0, 0.1) is 11.8 Å². The Balaban J connectivity index is 2.58. The highest BCUT2D eigenvalue weighted by atomic mass is 16.3. The van der Waals surface area contributed by atoms with E-state index in [9.17, 15) is 10.2 Å². The molecule has 0 aromatic heterocycles. The average Bonchev–Trinajstić information content (AvgIpc) is 2.15. The summed E-state index contributed by atoms with van der Waals surface area (Å²) < 4.78 is 0. The minimum Gasteiger partial charge on any atom is -0.386 e. The minimum absolute atomic E-state index is 0.600. The van der Waals surface area contributed by atoms with E-state index in [1.54, 1.807) is 0 Å². The standard InChI is InChI=1S/C11H18O3/c1-9(12)5-6-10(13)11(14)7-3-2-4-8-11/h9-10,12-14H,2-4,7-8H2,1H3. The molecule has 0 bridgehead atoms. The number of hydrogen-bond donors (Lipinski definition) is 3. The van der Waals surface area contributed by atoms with E-state index in [0.717, 1.165) is 19.3 Å². The van der Waals surface area contributed by atoms with Crippen LogP contribution in [0.5, 0.6) is 0 Å². The number of rotatable bonds is 1. The van der Waals surface area contributed by atoms with E-state index in [0.29, 0.717) is 12.8 Å². The van der Waals surface area contributed by atoms with Gasteiger partial charge in [0.05, 0.1) is 0 Å². The van der Waals surface area contributed by atoms with Crippen LogP contribution in [0.25, 0.3) is 0 Å². The third-order valence-corrected chi connectivity index (χ3v) is 2.66. The summed E-state index contributed by atoms with van der Waals surface area (Å²) in [5.41, 5.74) is -1.06. The van der Waals surface area contributed by atoms with Gasteiger partial charge >= 0.3 is 0 Å². The molecular formula is C11H18O3. The average molecular weight is 198 g/mol. The topological polar surface area (TPSA) is 60.7 Å². The Morgan fingerprint density at radius 2 is 1.64 bits per heavy atom. The van der Waals surface area contributed by atoms with Crippen molar-refractivity contribution in [3.8, 4) is 11.8 Å². The highest BCUT2D eigenvalue weighted by molar-refractivity contribution is 5.13. The van der Waals surface area contributed by atoms with Gasteiger partial charge in [0.25, 0.3) is 0 Å². The van der Waals surface area contributed by atoms with Crippen LogP contribution in [0.15, 0.2) is 0 Å². The van der Waals surface area contributed by atoms with Crippen molar-refractivity contribution in [1.29, 1.82) is 0 Å². The van der Waals surface area contributed by atoms with Crippen molar-refractivity contribution in [3.63, 3.8) is 0 Å². The fourth-order valence-corrected chi connectivity index (χ4v) is 1.77. The summed E-state index contributed by atoms with van der Waals surface area (Å²) >= 11 is 0. The predicted octanol–water partition coefficient (Wildman–Crippen LogP) is 0.427. The first-order valence-corrected chi connectivity index (χ1v) is 5.14. The minimum atomic E-state index is -1.06. The molecule has 1 aliphatic rings. The van der Waals surface area contributed by atoms with Crippen molar-refractivity contribution in [2.75, 3.05) is 0 Å². The van der Waals surface area contributed by atoms with Crippen LogP contribution in [0.3, 0.4) is 0 Å². The van der Waals surface area contributed by atoms with E-state index in [4.69, 9.17) is 5.11 Å². The fraction of sp³-hybridized carbons (Fsp3) is 0.818. The molecule has 0 aromatic rings. The van der Waals surface area contributed by atoms with Crippen LogP contribution in [-0.2, 0) is 0 Å².